The van der Waals surface area contributed by atoms with E-state index in [-0.39, 0.29) is 24.1 Å². The van der Waals surface area contributed by atoms with Crippen molar-refractivity contribution in [3.63, 3.8) is 0 Å². The molecule has 0 unspecified atom stereocenters. The van der Waals surface area contributed by atoms with Crippen LogP contribution in [0, 0.1) is 0 Å². The molecule has 6 heteroatoms. The number of Topliss-reactive ketones (excluding diaryl/α,β-unsaturated/α-hetero) is 1. The first-order valence-corrected chi connectivity index (χ1v) is 6.59. The third-order valence-corrected chi connectivity index (χ3v) is 2.92. The largest absolute Gasteiger partial charge is 0.383 e. The molecule has 1 rings (SSSR count). The van der Waals surface area contributed by atoms with E-state index in [2.05, 4.69) is 5.32 Å². The number of ketones is 1. The maximum atomic E-state index is 11.9. The summed E-state index contributed by atoms with van der Waals surface area (Å²) >= 11 is 0. The van der Waals surface area contributed by atoms with Crippen LogP contribution in [0.2, 0.25) is 0 Å². The van der Waals surface area contributed by atoms with Gasteiger partial charge in [-0.2, -0.15) is 0 Å². The Bertz CT molecular complexity index is 511. The number of hydrogen-bond acceptors (Lipinski definition) is 4. The normalized spacial score (nSPS) is 10.0. The summed E-state index contributed by atoms with van der Waals surface area (Å²) in [4.78, 5) is 35.9. The molecule has 1 aromatic carbocycles. The quantitative estimate of drug-likeness (QED) is 0.769. The molecule has 114 valence electrons. The molecule has 0 aliphatic rings. The maximum Gasteiger partial charge on any atom is 0.243 e. The Hall–Kier alpha value is -2.21. The first kappa shape index (κ1) is 16.8. The fourth-order valence-electron chi connectivity index (χ4n) is 1.71. The molecule has 0 bridgehead atoms. The van der Waals surface area contributed by atoms with Gasteiger partial charge >= 0.3 is 0 Å². The zero-order chi connectivity index (χ0) is 15.8. The Labute approximate surface area is 124 Å². The number of anilines is 1. The predicted molar refractivity (Wildman–Crippen MR) is 79.2 cm³/mol. The summed E-state index contributed by atoms with van der Waals surface area (Å²) < 4.78 is 4.90. The number of ether oxygens (including phenoxy) is 1. The minimum Gasteiger partial charge on any atom is -0.383 e. The average molecular weight is 292 g/mol. The van der Waals surface area contributed by atoms with Crippen LogP contribution >= 0.6 is 0 Å². The second-order valence-corrected chi connectivity index (χ2v) is 4.62. The standard InChI is InChI=1S/C15H20N2O4/c1-11(18)13-4-6-14(7-5-13)16-15(20)10-17(12(2)19)8-9-21-3/h4-7H,8-10H2,1-3H3,(H,16,20). The van der Waals surface area contributed by atoms with Crippen molar-refractivity contribution in [1.82, 2.24) is 4.90 Å². The van der Waals surface area contributed by atoms with Gasteiger partial charge in [-0.1, -0.05) is 0 Å². The number of methoxy groups -OCH3 is 1. The molecular formula is C15H20N2O4. The zero-order valence-corrected chi connectivity index (χ0v) is 12.5. The molecule has 21 heavy (non-hydrogen) atoms. The van der Waals surface area contributed by atoms with Crippen molar-refractivity contribution in [2.45, 2.75) is 13.8 Å². The van der Waals surface area contributed by atoms with Gasteiger partial charge in [-0.25, -0.2) is 0 Å². The lowest BCUT2D eigenvalue weighted by molar-refractivity contribution is -0.133. The van der Waals surface area contributed by atoms with Crippen LogP contribution in [-0.4, -0.2) is 49.3 Å². The molecule has 0 aliphatic heterocycles. The molecule has 0 aliphatic carbocycles. The summed E-state index contributed by atoms with van der Waals surface area (Å²) in [5.74, 6) is -0.513. The van der Waals surface area contributed by atoms with E-state index >= 15 is 0 Å². The van der Waals surface area contributed by atoms with Crippen molar-refractivity contribution < 1.29 is 19.1 Å². The summed E-state index contributed by atoms with van der Waals surface area (Å²) in [7, 11) is 1.54. The van der Waals surface area contributed by atoms with Gasteiger partial charge in [0, 0.05) is 31.8 Å². The van der Waals surface area contributed by atoms with Gasteiger partial charge in [-0.05, 0) is 31.2 Å². The Morgan fingerprint density at radius 3 is 2.24 bits per heavy atom. The second kappa shape index (κ2) is 8.16. The number of hydrogen-bond donors (Lipinski definition) is 1. The first-order chi connectivity index (χ1) is 9.93. The number of amides is 2. The number of carbonyl (C=O) groups excluding carboxylic acids is 3. The van der Waals surface area contributed by atoms with Gasteiger partial charge in [-0.3, -0.25) is 14.4 Å². The van der Waals surface area contributed by atoms with Gasteiger partial charge in [0.2, 0.25) is 11.8 Å². The Kier molecular flexibility index (Phi) is 6.55. The molecule has 2 amide bonds. The van der Waals surface area contributed by atoms with Crippen molar-refractivity contribution in [3.05, 3.63) is 29.8 Å². The van der Waals surface area contributed by atoms with Gasteiger partial charge in [0.05, 0.1) is 13.2 Å². The third-order valence-electron chi connectivity index (χ3n) is 2.92. The molecule has 1 N–H and O–H groups in total. The van der Waals surface area contributed by atoms with E-state index in [1.165, 1.54) is 25.9 Å². The van der Waals surface area contributed by atoms with Crippen molar-refractivity contribution in [3.8, 4) is 0 Å². The molecule has 6 nitrogen and oxygen atoms in total. The Balaban J connectivity index is 2.59. The highest BCUT2D eigenvalue weighted by Crippen LogP contribution is 2.10. The van der Waals surface area contributed by atoms with E-state index in [1.807, 2.05) is 0 Å². The predicted octanol–water partition coefficient (Wildman–Crippen LogP) is 1.32. The van der Waals surface area contributed by atoms with Crippen LogP contribution in [0.4, 0.5) is 5.69 Å². The Morgan fingerprint density at radius 1 is 1.14 bits per heavy atom. The lowest BCUT2D eigenvalue weighted by Crippen LogP contribution is -2.38. The van der Waals surface area contributed by atoms with Crippen molar-refractivity contribution in [2.75, 3.05) is 32.1 Å². The minimum absolute atomic E-state index is 0.0322. The lowest BCUT2D eigenvalue weighted by atomic mass is 10.1. The highest BCUT2D eigenvalue weighted by atomic mass is 16.5. The monoisotopic (exact) mass is 292 g/mol. The molecule has 0 fully saturated rings. The highest BCUT2D eigenvalue weighted by molar-refractivity contribution is 5.96. The van der Waals surface area contributed by atoms with Crippen molar-refractivity contribution in [2.24, 2.45) is 0 Å². The number of rotatable bonds is 7. The van der Waals surface area contributed by atoms with Crippen molar-refractivity contribution >= 4 is 23.3 Å². The van der Waals surface area contributed by atoms with Gasteiger partial charge in [0.1, 0.15) is 0 Å². The van der Waals surface area contributed by atoms with E-state index in [0.717, 1.165) is 0 Å². The van der Waals surface area contributed by atoms with Crippen molar-refractivity contribution in [1.29, 1.82) is 0 Å². The molecule has 0 atom stereocenters. The van der Waals surface area contributed by atoms with Crippen LogP contribution in [0.3, 0.4) is 0 Å². The molecular weight excluding hydrogens is 272 g/mol. The van der Waals surface area contributed by atoms with Crippen LogP contribution in [0.15, 0.2) is 24.3 Å². The topological polar surface area (TPSA) is 75.7 Å². The highest BCUT2D eigenvalue weighted by Gasteiger charge is 2.13. The van der Waals surface area contributed by atoms with Crippen LogP contribution in [0.5, 0.6) is 0 Å². The minimum atomic E-state index is -0.295. The Morgan fingerprint density at radius 2 is 1.76 bits per heavy atom. The molecule has 0 heterocycles. The van der Waals surface area contributed by atoms with E-state index in [9.17, 15) is 14.4 Å². The molecule has 0 aromatic heterocycles. The van der Waals surface area contributed by atoms with E-state index in [4.69, 9.17) is 4.74 Å². The number of nitrogens with zero attached hydrogens (tertiary/aromatic N) is 1. The fraction of sp³-hybridized carbons (Fsp3) is 0.400. The van der Waals surface area contributed by atoms with Crippen LogP contribution in [-0.2, 0) is 14.3 Å². The third kappa shape index (κ3) is 5.74. The van der Waals surface area contributed by atoms with Crippen LogP contribution in [0.1, 0.15) is 24.2 Å². The number of benzene rings is 1. The lowest BCUT2D eigenvalue weighted by Gasteiger charge is -2.20. The molecule has 0 saturated carbocycles. The summed E-state index contributed by atoms with van der Waals surface area (Å²) in [6.07, 6.45) is 0. The summed E-state index contributed by atoms with van der Waals surface area (Å²) in [5, 5.41) is 2.68. The molecule has 0 spiro atoms. The number of carbonyl (C=O) groups is 3. The summed E-state index contributed by atoms with van der Waals surface area (Å²) in [6, 6.07) is 6.60. The van der Waals surface area contributed by atoms with Gasteiger partial charge < -0.3 is 15.0 Å². The molecule has 0 saturated heterocycles. The summed E-state index contributed by atoms with van der Waals surface area (Å²) in [5.41, 5.74) is 1.17. The summed E-state index contributed by atoms with van der Waals surface area (Å²) in [6.45, 7) is 3.59. The van der Waals surface area contributed by atoms with Gasteiger partial charge in [0.25, 0.3) is 0 Å². The SMILES string of the molecule is COCCN(CC(=O)Nc1ccc(C(C)=O)cc1)C(C)=O. The van der Waals surface area contributed by atoms with E-state index in [1.54, 1.807) is 24.3 Å². The van der Waals surface area contributed by atoms with Crippen LogP contribution < -0.4 is 5.32 Å². The van der Waals surface area contributed by atoms with Gasteiger partial charge in [-0.15, -0.1) is 0 Å². The fourth-order valence-corrected chi connectivity index (χ4v) is 1.71. The van der Waals surface area contributed by atoms with Crippen LogP contribution in [0.25, 0.3) is 0 Å². The maximum absolute atomic E-state index is 11.9. The number of nitrogens with one attached hydrogen (secondary N) is 1. The molecule has 0 radical (unpaired) electrons. The zero-order valence-electron chi connectivity index (χ0n) is 12.5. The van der Waals surface area contributed by atoms with E-state index in [0.29, 0.717) is 24.4 Å². The van der Waals surface area contributed by atoms with E-state index < -0.39 is 0 Å². The molecule has 1 aromatic rings. The second-order valence-electron chi connectivity index (χ2n) is 4.62. The first-order valence-electron chi connectivity index (χ1n) is 6.59. The van der Waals surface area contributed by atoms with Gasteiger partial charge in [0.15, 0.2) is 5.78 Å². The average Bonchev–Trinajstić information content (AvgIpc) is 2.43. The smallest absolute Gasteiger partial charge is 0.243 e.